The van der Waals surface area contributed by atoms with E-state index in [0.29, 0.717) is 18.9 Å². The van der Waals surface area contributed by atoms with E-state index in [1.54, 1.807) is 7.11 Å². The first-order valence-corrected chi connectivity index (χ1v) is 5.73. The summed E-state index contributed by atoms with van der Waals surface area (Å²) in [6.07, 6.45) is 1.22. The minimum Gasteiger partial charge on any atom is -0.496 e. The summed E-state index contributed by atoms with van der Waals surface area (Å²) in [5.74, 6) is 1.19. The van der Waals surface area contributed by atoms with Crippen LogP contribution in [0.1, 0.15) is 31.2 Å². The van der Waals surface area contributed by atoms with Crippen molar-refractivity contribution in [2.75, 3.05) is 13.7 Å². The Morgan fingerprint density at radius 2 is 2.06 bits per heavy atom. The van der Waals surface area contributed by atoms with Gasteiger partial charge < -0.3 is 15.6 Å². The highest BCUT2D eigenvalue weighted by Crippen LogP contribution is 2.31. The summed E-state index contributed by atoms with van der Waals surface area (Å²) in [6.45, 7) is 2.42. The first kappa shape index (κ1) is 13.0. The van der Waals surface area contributed by atoms with Crippen molar-refractivity contribution in [2.24, 2.45) is 5.73 Å². The smallest absolute Gasteiger partial charge is 0.122 e. The lowest BCUT2D eigenvalue weighted by molar-refractivity contribution is 0.161. The zero-order chi connectivity index (χ0) is 12.0. The Bertz CT molecular complexity index is 315. The van der Waals surface area contributed by atoms with Crippen LogP contribution in [0.5, 0.6) is 5.75 Å². The van der Waals surface area contributed by atoms with Crippen molar-refractivity contribution in [3.8, 4) is 5.75 Å². The molecule has 0 aliphatic heterocycles. The Labute approximate surface area is 97.2 Å². The predicted molar refractivity (Wildman–Crippen MR) is 65.7 cm³/mol. The van der Waals surface area contributed by atoms with Crippen LogP contribution in [0, 0.1) is 0 Å². The number of methoxy groups -OCH3 is 1. The van der Waals surface area contributed by atoms with Gasteiger partial charge in [-0.25, -0.2) is 0 Å². The molecule has 3 nitrogen and oxygen atoms in total. The van der Waals surface area contributed by atoms with Crippen molar-refractivity contribution in [1.82, 2.24) is 0 Å². The van der Waals surface area contributed by atoms with Crippen LogP contribution in [0.2, 0.25) is 0 Å². The lowest BCUT2D eigenvalue weighted by atomic mass is 9.90. The number of rotatable bonds is 6. The minimum absolute atomic E-state index is 0.301. The summed E-state index contributed by atoms with van der Waals surface area (Å²) in [6, 6.07) is 7.95. The van der Waals surface area contributed by atoms with E-state index in [0.717, 1.165) is 17.7 Å². The van der Waals surface area contributed by atoms with Gasteiger partial charge in [0, 0.05) is 6.54 Å². The van der Waals surface area contributed by atoms with Crippen LogP contribution >= 0.6 is 0 Å². The summed E-state index contributed by atoms with van der Waals surface area (Å²) < 4.78 is 5.33. The highest BCUT2D eigenvalue weighted by Gasteiger charge is 2.17. The summed E-state index contributed by atoms with van der Waals surface area (Å²) in [5.41, 5.74) is 6.60. The maximum absolute atomic E-state index is 9.62. The Kier molecular flexibility index (Phi) is 5.29. The molecule has 1 aromatic rings. The van der Waals surface area contributed by atoms with Crippen molar-refractivity contribution in [3.63, 3.8) is 0 Å². The maximum atomic E-state index is 9.62. The largest absolute Gasteiger partial charge is 0.496 e. The molecule has 1 aromatic carbocycles. The third kappa shape index (κ3) is 3.22. The predicted octanol–water partition coefficient (Wildman–Crippen LogP) is 1.90. The van der Waals surface area contributed by atoms with Crippen molar-refractivity contribution >= 4 is 0 Å². The van der Waals surface area contributed by atoms with Crippen molar-refractivity contribution < 1.29 is 9.84 Å². The third-order valence-electron chi connectivity index (χ3n) is 2.90. The molecule has 0 aromatic heterocycles. The molecule has 0 aliphatic rings. The second-order valence-electron chi connectivity index (χ2n) is 3.97. The topological polar surface area (TPSA) is 55.5 Å². The minimum atomic E-state index is -0.435. The van der Waals surface area contributed by atoms with Gasteiger partial charge in [-0.1, -0.05) is 25.1 Å². The van der Waals surface area contributed by atoms with Gasteiger partial charge in [-0.15, -0.1) is 0 Å². The fourth-order valence-electron chi connectivity index (χ4n) is 1.94. The average molecular weight is 223 g/mol. The fraction of sp³-hybridized carbons (Fsp3) is 0.538. The van der Waals surface area contributed by atoms with E-state index in [1.165, 1.54) is 0 Å². The SMILES string of the molecule is CCC(CC(O)CN)c1ccccc1OC. The van der Waals surface area contributed by atoms with Gasteiger partial charge in [-0.2, -0.15) is 0 Å². The van der Waals surface area contributed by atoms with Crippen LogP contribution in [0.25, 0.3) is 0 Å². The molecule has 0 aliphatic carbocycles. The lowest BCUT2D eigenvalue weighted by Gasteiger charge is -2.20. The van der Waals surface area contributed by atoms with Gasteiger partial charge in [0.1, 0.15) is 5.75 Å². The first-order valence-electron chi connectivity index (χ1n) is 5.73. The molecule has 2 atom stereocenters. The second-order valence-corrected chi connectivity index (χ2v) is 3.97. The molecule has 0 amide bonds. The molecule has 0 spiro atoms. The molecule has 3 N–H and O–H groups in total. The van der Waals surface area contributed by atoms with Crippen molar-refractivity contribution in [3.05, 3.63) is 29.8 Å². The van der Waals surface area contributed by atoms with E-state index in [-0.39, 0.29) is 0 Å². The number of para-hydroxylation sites is 1. The fourth-order valence-corrected chi connectivity index (χ4v) is 1.94. The number of nitrogens with two attached hydrogens (primary N) is 1. The van der Waals surface area contributed by atoms with Gasteiger partial charge in [0.25, 0.3) is 0 Å². The Balaban J connectivity index is 2.85. The number of aliphatic hydroxyl groups excluding tert-OH is 1. The van der Waals surface area contributed by atoms with Crippen LogP contribution in [0.4, 0.5) is 0 Å². The third-order valence-corrected chi connectivity index (χ3v) is 2.90. The molecule has 0 radical (unpaired) electrons. The van der Waals surface area contributed by atoms with Crippen LogP contribution in [0.15, 0.2) is 24.3 Å². The molecule has 0 saturated heterocycles. The molecule has 3 heteroatoms. The van der Waals surface area contributed by atoms with Gasteiger partial charge in [-0.05, 0) is 30.4 Å². The van der Waals surface area contributed by atoms with E-state index in [9.17, 15) is 5.11 Å². The summed E-state index contributed by atoms with van der Waals surface area (Å²) >= 11 is 0. The van der Waals surface area contributed by atoms with Crippen molar-refractivity contribution in [2.45, 2.75) is 31.8 Å². The molecule has 0 saturated carbocycles. The average Bonchev–Trinajstić information content (AvgIpc) is 2.35. The summed E-state index contributed by atoms with van der Waals surface area (Å²) in [7, 11) is 1.67. The molecule has 0 fully saturated rings. The first-order chi connectivity index (χ1) is 7.72. The quantitative estimate of drug-likeness (QED) is 0.774. The maximum Gasteiger partial charge on any atom is 0.122 e. The zero-order valence-electron chi connectivity index (χ0n) is 10.0. The number of hydrogen-bond donors (Lipinski definition) is 2. The number of ether oxygens (including phenoxy) is 1. The standard InChI is InChI=1S/C13H21NO2/c1-3-10(8-11(15)9-14)12-6-4-5-7-13(12)16-2/h4-7,10-11,15H,3,8-9,14H2,1-2H3. The van der Waals surface area contributed by atoms with Gasteiger partial charge in [0.2, 0.25) is 0 Å². The molecule has 0 heterocycles. The molecule has 0 bridgehead atoms. The molecular weight excluding hydrogens is 202 g/mol. The van der Waals surface area contributed by atoms with E-state index in [2.05, 4.69) is 13.0 Å². The summed E-state index contributed by atoms with van der Waals surface area (Å²) in [4.78, 5) is 0. The molecular formula is C13H21NO2. The monoisotopic (exact) mass is 223 g/mol. The van der Waals surface area contributed by atoms with Gasteiger partial charge >= 0.3 is 0 Å². The number of hydrogen-bond acceptors (Lipinski definition) is 3. The Hall–Kier alpha value is -1.06. The molecule has 2 unspecified atom stereocenters. The highest BCUT2D eigenvalue weighted by atomic mass is 16.5. The molecule has 16 heavy (non-hydrogen) atoms. The van der Waals surface area contributed by atoms with E-state index in [1.807, 2.05) is 18.2 Å². The van der Waals surface area contributed by atoms with E-state index < -0.39 is 6.10 Å². The summed E-state index contributed by atoms with van der Waals surface area (Å²) in [5, 5.41) is 9.62. The van der Waals surface area contributed by atoms with Gasteiger partial charge in [0.15, 0.2) is 0 Å². The van der Waals surface area contributed by atoms with Crippen LogP contribution < -0.4 is 10.5 Å². The normalized spacial score (nSPS) is 14.5. The van der Waals surface area contributed by atoms with Crippen LogP contribution in [-0.4, -0.2) is 24.9 Å². The van der Waals surface area contributed by atoms with Gasteiger partial charge in [0.05, 0.1) is 13.2 Å². The molecule has 1 rings (SSSR count). The highest BCUT2D eigenvalue weighted by molar-refractivity contribution is 5.36. The van der Waals surface area contributed by atoms with E-state index >= 15 is 0 Å². The van der Waals surface area contributed by atoms with Crippen molar-refractivity contribution in [1.29, 1.82) is 0 Å². The zero-order valence-corrected chi connectivity index (χ0v) is 10.0. The van der Waals surface area contributed by atoms with Crippen LogP contribution in [-0.2, 0) is 0 Å². The number of benzene rings is 1. The second kappa shape index (κ2) is 6.51. The molecule has 90 valence electrons. The van der Waals surface area contributed by atoms with Crippen LogP contribution in [0.3, 0.4) is 0 Å². The Morgan fingerprint density at radius 3 is 2.62 bits per heavy atom. The van der Waals surface area contributed by atoms with E-state index in [4.69, 9.17) is 10.5 Å². The number of aliphatic hydroxyl groups is 1. The lowest BCUT2D eigenvalue weighted by Crippen LogP contribution is -2.22. The van der Waals surface area contributed by atoms with Gasteiger partial charge in [-0.3, -0.25) is 0 Å². The Morgan fingerprint density at radius 1 is 1.38 bits per heavy atom.